The number of hydrogen-bond acceptors (Lipinski definition) is 4. The molecule has 0 spiro atoms. The highest BCUT2D eigenvalue weighted by Gasteiger charge is 2.24. The predicted molar refractivity (Wildman–Crippen MR) is 88.3 cm³/mol. The van der Waals surface area contributed by atoms with Gasteiger partial charge >= 0.3 is 0 Å². The Balaban J connectivity index is 2.14. The van der Waals surface area contributed by atoms with Crippen LogP contribution in [0.25, 0.3) is 0 Å². The van der Waals surface area contributed by atoms with Gasteiger partial charge in [-0.05, 0) is 36.3 Å². The third-order valence-electron chi connectivity index (χ3n) is 3.62. The van der Waals surface area contributed by atoms with Gasteiger partial charge in [-0.1, -0.05) is 20.8 Å². The lowest BCUT2D eigenvalue weighted by molar-refractivity contribution is 0.221. The highest BCUT2D eigenvalue weighted by molar-refractivity contribution is 7.99. The van der Waals surface area contributed by atoms with Gasteiger partial charge < -0.3 is 5.73 Å². The molecular weight excluding hydrogens is 272 g/mol. The summed E-state index contributed by atoms with van der Waals surface area (Å²) < 4.78 is 0. The molecule has 0 bridgehead atoms. The summed E-state index contributed by atoms with van der Waals surface area (Å²) in [6.07, 6.45) is 1.29. The molecule has 1 aliphatic rings. The first-order chi connectivity index (χ1) is 9.02. The summed E-state index contributed by atoms with van der Waals surface area (Å²) in [7, 11) is 0. The maximum absolute atomic E-state index is 6.06. The Labute approximate surface area is 125 Å². The molecule has 108 valence electrons. The van der Waals surface area contributed by atoms with Gasteiger partial charge in [0.15, 0.2) is 0 Å². The van der Waals surface area contributed by atoms with Gasteiger partial charge in [-0.15, -0.1) is 11.3 Å². The summed E-state index contributed by atoms with van der Waals surface area (Å²) in [5.41, 5.74) is 6.31. The van der Waals surface area contributed by atoms with Crippen molar-refractivity contribution in [3.8, 4) is 0 Å². The standard InChI is InChI=1S/C15H26N2S2/c1-15(2,3)14-6-5-13(19-14)12(11-16)17-7-4-9-18-10-8-17/h5-6,12H,4,7-11,16H2,1-3H3. The van der Waals surface area contributed by atoms with E-state index in [2.05, 4.69) is 49.6 Å². The van der Waals surface area contributed by atoms with Crippen LogP contribution in [0.5, 0.6) is 0 Å². The molecular formula is C15H26N2S2. The quantitative estimate of drug-likeness (QED) is 0.926. The maximum Gasteiger partial charge on any atom is 0.0564 e. The molecule has 0 saturated carbocycles. The topological polar surface area (TPSA) is 29.3 Å². The average molecular weight is 299 g/mol. The Bertz CT molecular complexity index is 387. The van der Waals surface area contributed by atoms with E-state index in [9.17, 15) is 0 Å². The van der Waals surface area contributed by atoms with Gasteiger partial charge in [-0.25, -0.2) is 0 Å². The van der Waals surface area contributed by atoms with E-state index in [4.69, 9.17) is 5.73 Å². The summed E-state index contributed by atoms with van der Waals surface area (Å²) in [6.45, 7) is 9.94. The van der Waals surface area contributed by atoms with Crippen molar-refractivity contribution in [2.75, 3.05) is 31.1 Å². The summed E-state index contributed by atoms with van der Waals surface area (Å²) in [6, 6.07) is 5.00. The molecule has 1 fully saturated rings. The molecule has 1 aliphatic heterocycles. The zero-order valence-corrected chi connectivity index (χ0v) is 13.9. The fourth-order valence-electron chi connectivity index (χ4n) is 2.46. The van der Waals surface area contributed by atoms with E-state index < -0.39 is 0 Å². The highest BCUT2D eigenvalue weighted by Crippen LogP contribution is 2.34. The Morgan fingerprint density at radius 2 is 2.05 bits per heavy atom. The van der Waals surface area contributed by atoms with Gasteiger partial charge in [0, 0.05) is 28.6 Å². The van der Waals surface area contributed by atoms with E-state index in [1.807, 2.05) is 11.3 Å². The molecule has 1 aromatic rings. The van der Waals surface area contributed by atoms with Crippen LogP contribution in [-0.2, 0) is 5.41 Å². The van der Waals surface area contributed by atoms with Crippen LogP contribution in [0, 0.1) is 0 Å². The summed E-state index contributed by atoms with van der Waals surface area (Å²) in [5.74, 6) is 2.54. The van der Waals surface area contributed by atoms with Gasteiger partial charge in [0.25, 0.3) is 0 Å². The maximum atomic E-state index is 6.06. The first-order valence-electron chi connectivity index (χ1n) is 7.14. The number of rotatable bonds is 3. The summed E-state index contributed by atoms with van der Waals surface area (Å²) in [4.78, 5) is 5.49. The smallest absolute Gasteiger partial charge is 0.0564 e. The van der Waals surface area contributed by atoms with Gasteiger partial charge in [0.05, 0.1) is 6.04 Å². The monoisotopic (exact) mass is 298 g/mol. The molecule has 2 nitrogen and oxygen atoms in total. The molecule has 19 heavy (non-hydrogen) atoms. The molecule has 4 heteroatoms. The van der Waals surface area contributed by atoms with Crippen LogP contribution in [0.1, 0.15) is 43.0 Å². The van der Waals surface area contributed by atoms with E-state index in [0.717, 1.165) is 6.54 Å². The minimum absolute atomic E-state index is 0.247. The number of nitrogens with two attached hydrogens (primary N) is 1. The summed E-state index contributed by atoms with van der Waals surface area (Å²) in [5, 5.41) is 0. The van der Waals surface area contributed by atoms with Gasteiger partial charge in [-0.2, -0.15) is 11.8 Å². The minimum atomic E-state index is 0.247. The van der Waals surface area contributed by atoms with Crippen molar-refractivity contribution in [3.63, 3.8) is 0 Å². The van der Waals surface area contributed by atoms with Crippen LogP contribution in [0.4, 0.5) is 0 Å². The molecule has 1 saturated heterocycles. The molecule has 0 aromatic carbocycles. The van der Waals surface area contributed by atoms with E-state index in [1.54, 1.807) is 0 Å². The normalized spacial score (nSPS) is 20.2. The van der Waals surface area contributed by atoms with Crippen molar-refractivity contribution < 1.29 is 0 Å². The third-order valence-corrected chi connectivity index (χ3v) is 6.28. The Morgan fingerprint density at radius 3 is 2.68 bits per heavy atom. The number of thiophene rings is 1. The van der Waals surface area contributed by atoms with E-state index in [1.165, 1.54) is 40.8 Å². The lowest BCUT2D eigenvalue weighted by Crippen LogP contribution is -2.34. The Hall–Kier alpha value is -0.0300. The predicted octanol–water partition coefficient (Wildman–Crippen LogP) is 3.48. The van der Waals surface area contributed by atoms with E-state index in [-0.39, 0.29) is 5.41 Å². The van der Waals surface area contributed by atoms with Gasteiger partial charge in [0.2, 0.25) is 0 Å². The zero-order chi connectivity index (χ0) is 13.9. The van der Waals surface area contributed by atoms with Crippen LogP contribution >= 0.6 is 23.1 Å². The number of thioether (sulfide) groups is 1. The van der Waals surface area contributed by atoms with Crippen LogP contribution in [0.3, 0.4) is 0 Å². The summed E-state index contributed by atoms with van der Waals surface area (Å²) >= 11 is 4.02. The second-order valence-electron chi connectivity index (χ2n) is 6.21. The lowest BCUT2D eigenvalue weighted by atomic mass is 9.95. The van der Waals surface area contributed by atoms with Crippen LogP contribution in [0.2, 0.25) is 0 Å². The third kappa shape index (κ3) is 3.97. The van der Waals surface area contributed by atoms with Crippen molar-refractivity contribution >= 4 is 23.1 Å². The molecule has 2 rings (SSSR count). The lowest BCUT2D eigenvalue weighted by Gasteiger charge is -2.28. The fourth-order valence-corrected chi connectivity index (χ4v) is 4.57. The van der Waals surface area contributed by atoms with Crippen LogP contribution in [0.15, 0.2) is 12.1 Å². The second-order valence-corrected chi connectivity index (χ2v) is 8.55. The molecule has 0 amide bonds. The average Bonchev–Trinajstić information content (AvgIpc) is 2.68. The van der Waals surface area contributed by atoms with Crippen molar-refractivity contribution in [2.24, 2.45) is 5.73 Å². The Morgan fingerprint density at radius 1 is 1.26 bits per heavy atom. The molecule has 1 unspecified atom stereocenters. The van der Waals surface area contributed by atoms with Crippen molar-refractivity contribution in [1.82, 2.24) is 4.90 Å². The van der Waals surface area contributed by atoms with E-state index >= 15 is 0 Å². The molecule has 2 N–H and O–H groups in total. The highest BCUT2D eigenvalue weighted by atomic mass is 32.2. The van der Waals surface area contributed by atoms with Gasteiger partial charge in [0.1, 0.15) is 0 Å². The number of hydrogen-bond donors (Lipinski definition) is 1. The van der Waals surface area contributed by atoms with Crippen molar-refractivity contribution in [1.29, 1.82) is 0 Å². The molecule has 0 aliphatic carbocycles. The largest absolute Gasteiger partial charge is 0.329 e. The minimum Gasteiger partial charge on any atom is -0.329 e. The first-order valence-corrected chi connectivity index (χ1v) is 9.11. The van der Waals surface area contributed by atoms with Crippen LogP contribution in [-0.4, -0.2) is 36.0 Å². The van der Waals surface area contributed by atoms with Crippen LogP contribution < -0.4 is 5.73 Å². The zero-order valence-electron chi connectivity index (χ0n) is 12.3. The van der Waals surface area contributed by atoms with Crippen molar-refractivity contribution in [3.05, 3.63) is 21.9 Å². The molecule has 1 atom stereocenters. The Kier molecular flexibility index (Phi) is 5.35. The molecule has 0 radical (unpaired) electrons. The van der Waals surface area contributed by atoms with Crippen molar-refractivity contribution in [2.45, 2.75) is 38.6 Å². The second kappa shape index (κ2) is 6.61. The number of nitrogens with zero attached hydrogens (tertiary/aromatic N) is 1. The van der Waals surface area contributed by atoms with E-state index in [0.29, 0.717) is 6.04 Å². The first kappa shape index (κ1) is 15.4. The fraction of sp³-hybridized carbons (Fsp3) is 0.733. The molecule has 1 aromatic heterocycles. The SMILES string of the molecule is CC(C)(C)c1ccc(C(CN)N2CCCSCC2)s1. The van der Waals surface area contributed by atoms with Gasteiger partial charge in [-0.3, -0.25) is 4.90 Å². The molecule has 2 heterocycles.